The lowest BCUT2D eigenvalue weighted by Crippen LogP contribution is -2.46. The first-order valence-corrected chi connectivity index (χ1v) is 7.10. The maximum absolute atomic E-state index is 8.77. The van der Waals surface area contributed by atoms with E-state index in [0.29, 0.717) is 11.6 Å². The molecule has 3 rings (SSSR count). The Kier molecular flexibility index (Phi) is 4.21. The lowest BCUT2D eigenvalue weighted by Gasteiger charge is -2.34. The average Bonchev–Trinajstić information content (AvgIpc) is 3.03. The predicted octanol–water partition coefficient (Wildman–Crippen LogP) is 1.27. The second kappa shape index (κ2) is 6.45. The van der Waals surface area contributed by atoms with Crippen LogP contribution < -0.4 is 9.64 Å². The zero-order valence-electron chi connectivity index (χ0n) is 12.4. The summed E-state index contributed by atoms with van der Waals surface area (Å²) in [5.74, 6) is 2.55. The van der Waals surface area contributed by atoms with Gasteiger partial charge in [0.25, 0.3) is 0 Å². The molecule has 0 amide bonds. The third-order valence-corrected chi connectivity index (χ3v) is 3.66. The van der Waals surface area contributed by atoms with Crippen molar-refractivity contribution in [2.45, 2.75) is 6.54 Å². The zero-order valence-corrected chi connectivity index (χ0v) is 12.4. The van der Waals surface area contributed by atoms with Gasteiger partial charge in [-0.1, -0.05) is 0 Å². The van der Waals surface area contributed by atoms with Crippen molar-refractivity contribution in [2.75, 3.05) is 38.2 Å². The second-order valence-electron chi connectivity index (χ2n) is 5.06. The standard InChI is InChI=1S/C15H17N5O2/c1-21-15-10-17-9-14(18-15)20-6-4-19(5-7-20)11-13-3-2-12(8-16)22-13/h2-3,9-10H,4-7,11H2,1H3. The van der Waals surface area contributed by atoms with E-state index in [1.807, 2.05) is 12.1 Å². The molecule has 2 aromatic heterocycles. The first-order chi connectivity index (χ1) is 10.8. The lowest BCUT2D eigenvalue weighted by molar-refractivity contribution is 0.229. The van der Waals surface area contributed by atoms with Gasteiger partial charge in [0.2, 0.25) is 11.6 Å². The van der Waals surface area contributed by atoms with Crippen LogP contribution in [0.15, 0.2) is 28.9 Å². The van der Waals surface area contributed by atoms with Crippen molar-refractivity contribution in [1.29, 1.82) is 5.26 Å². The summed E-state index contributed by atoms with van der Waals surface area (Å²) in [6.45, 7) is 4.27. The average molecular weight is 299 g/mol. The van der Waals surface area contributed by atoms with Crippen LogP contribution in [0.2, 0.25) is 0 Å². The van der Waals surface area contributed by atoms with E-state index in [2.05, 4.69) is 19.8 Å². The van der Waals surface area contributed by atoms with E-state index in [0.717, 1.165) is 44.3 Å². The summed E-state index contributed by atoms with van der Waals surface area (Å²) >= 11 is 0. The Morgan fingerprint density at radius 2 is 2.09 bits per heavy atom. The van der Waals surface area contributed by atoms with Crippen molar-refractivity contribution in [3.8, 4) is 11.9 Å². The van der Waals surface area contributed by atoms with Gasteiger partial charge in [0.05, 0.1) is 26.0 Å². The fraction of sp³-hybridized carbons (Fsp3) is 0.400. The number of furan rings is 1. The molecule has 1 aliphatic heterocycles. The van der Waals surface area contributed by atoms with Crippen LogP contribution in [0, 0.1) is 11.3 Å². The summed E-state index contributed by atoms with van der Waals surface area (Å²) in [4.78, 5) is 13.0. The SMILES string of the molecule is COc1cncc(N2CCN(Cc3ccc(C#N)o3)CC2)n1. The van der Waals surface area contributed by atoms with Crippen LogP contribution in [0.4, 0.5) is 5.82 Å². The van der Waals surface area contributed by atoms with Crippen LogP contribution in [0.1, 0.15) is 11.5 Å². The van der Waals surface area contributed by atoms with E-state index in [1.54, 1.807) is 25.6 Å². The first kappa shape index (κ1) is 14.4. The minimum atomic E-state index is 0.361. The van der Waals surface area contributed by atoms with Crippen molar-refractivity contribution in [2.24, 2.45) is 0 Å². The van der Waals surface area contributed by atoms with Gasteiger partial charge in [0, 0.05) is 26.2 Å². The van der Waals surface area contributed by atoms with E-state index in [4.69, 9.17) is 14.4 Å². The molecule has 3 heterocycles. The number of nitrogens with zero attached hydrogens (tertiary/aromatic N) is 5. The third kappa shape index (κ3) is 3.18. The van der Waals surface area contributed by atoms with Gasteiger partial charge in [0.1, 0.15) is 11.8 Å². The Balaban J connectivity index is 1.56. The van der Waals surface area contributed by atoms with Crippen molar-refractivity contribution in [3.63, 3.8) is 0 Å². The summed E-state index contributed by atoms with van der Waals surface area (Å²) in [6.07, 6.45) is 3.35. The topological polar surface area (TPSA) is 78.4 Å². The maximum Gasteiger partial charge on any atom is 0.233 e. The molecule has 7 heteroatoms. The molecule has 0 bridgehead atoms. The molecule has 0 N–H and O–H groups in total. The Hall–Kier alpha value is -2.59. The maximum atomic E-state index is 8.77. The number of piperazine rings is 1. The predicted molar refractivity (Wildman–Crippen MR) is 79.5 cm³/mol. The highest BCUT2D eigenvalue weighted by atomic mass is 16.5. The molecule has 0 aliphatic carbocycles. The molecule has 0 unspecified atom stereocenters. The van der Waals surface area contributed by atoms with Crippen LogP contribution in [0.3, 0.4) is 0 Å². The van der Waals surface area contributed by atoms with Crippen molar-refractivity contribution < 1.29 is 9.15 Å². The normalized spacial score (nSPS) is 15.5. The summed E-state index contributed by atoms with van der Waals surface area (Å²) in [7, 11) is 1.59. The van der Waals surface area contributed by atoms with Gasteiger partial charge in [-0.2, -0.15) is 10.2 Å². The molecule has 114 valence electrons. The second-order valence-corrected chi connectivity index (χ2v) is 5.06. The molecule has 2 aromatic rings. The molecule has 0 atom stereocenters. The molecule has 1 fully saturated rings. The highest BCUT2D eigenvalue weighted by Gasteiger charge is 2.19. The monoisotopic (exact) mass is 299 g/mol. The zero-order chi connectivity index (χ0) is 15.4. The van der Waals surface area contributed by atoms with Gasteiger partial charge < -0.3 is 14.1 Å². The molecule has 0 spiro atoms. The number of rotatable bonds is 4. The third-order valence-electron chi connectivity index (χ3n) is 3.66. The minimum Gasteiger partial charge on any atom is -0.480 e. The summed E-state index contributed by atoms with van der Waals surface area (Å²) in [6, 6.07) is 5.57. The number of methoxy groups -OCH3 is 1. The van der Waals surface area contributed by atoms with Crippen molar-refractivity contribution >= 4 is 5.82 Å². The number of hydrogen-bond acceptors (Lipinski definition) is 7. The number of aromatic nitrogens is 2. The van der Waals surface area contributed by atoms with E-state index in [9.17, 15) is 0 Å². The fourth-order valence-electron chi connectivity index (χ4n) is 2.47. The fourth-order valence-corrected chi connectivity index (χ4v) is 2.47. The Morgan fingerprint density at radius 1 is 1.27 bits per heavy atom. The van der Waals surface area contributed by atoms with Gasteiger partial charge in [-0.05, 0) is 12.1 Å². The molecular weight excluding hydrogens is 282 g/mol. The Morgan fingerprint density at radius 3 is 2.77 bits per heavy atom. The van der Waals surface area contributed by atoms with E-state index in [-0.39, 0.29) is 0 Å². The lowest BCUT2D eigenvalue weighted by atomic mass is 10.3. The molecule has 0 saturated carbocycles. The highest BCUT2D eigenvalue weighted by molar-refractivity contribution is 5.38. The van der Waals surface area contributed by atoms with Crippen molar-refractivity contribution in [3.05, 3.63) is 36.0 Å². The van der Waals surface area contributed by atoms with Gasteiger partial charge in [0.15, 0.2) is 5.82 Å². The van der Waals surface area contributed by atoms with Crippen LogP contribution in [-0.4, -0.2) is 48.2 Å². The quantitative estimate of drug-likeness (QED) is 0.841. The summed E-state index contributed by atoms with van der Waals surface area (Å²) in [5.41, 5.74) is 0. The van der Waals surface area contributed by atoms with E-state index >= 15 is 0 Å². The number of nitriles is 1. The number of ether oxygens (including phenoxy) is 1. The molecule has 1 saturated heterocycles. The van der Waals surface area contributed by atoms with Crippen LogP contribution in [0.5, 0.6) is 5.88 Å². The Labute approximate surface area is 128 Å². The summed E-state index contributed by atoms with van der Waals surface area (Å²) < 4.78 is 10.5. The van der Waals surface area contributed by atoms with Crippen LogP contribution >= 0.6 is 0 Å². The molecule has 1 aliphatic rings. The number of anilines is 1. The molecular formula is C15H17N5O2. The van der Waals surface area contributed by atoms with Gasteiger partial charge in [-0.15, -0.1) is 0 Å². The van der Waals surface area contributed by atoms with E-state index in [1.165, 1.54) is 0 Å². The van der Waals surface area contributed by atoms with E-state index < -0.39 is 0 Å². The summed E-state index contributed by atoms with van der Waals surface area (Å²) in [5, 5.41) is 8.77. The van der Waals surface area contributed by atoms with Crippen LogP contribution in [0.25, 0.3) is 0 Å². The Bertz CT molecular complexity index is 671. The molecule has 22 heavy (non-hydrogen) atoms. The highest BCUT2D eigenvalue weighted by Crippen LogP contribution is 2.17. The number of hydrogen-bond donors (Lipinski definition) is 0. The minimum absolute atomic E-state index is 0.361. The van der Waals surface area contributed by atoms with Gasteiger partial charge in [-0.3, -0.25) is 9.88 Å². The van der Waals surface area contributed by atoms with Gasteiger partial charge >= 0.3 is 0 Å². The van der Waals surface area contributed by atoms with Gasteiger partial charge in [-0.25, -0.2) is 0 Å². The van der Waals surface area contributed by atoms with Crippen LogP contribution in [-0.2, 0) is 6.54 Å². The molecule has 0 aromatic carbocycles. The molecule has 0 radical (unpaired) electrons. The van der Waals surface area contributed by atoms with Crippen molar-refractivity contribution in [1.82, 2.24) is 14.9 Å². The first-order valence-electron chi connectivity index (χ1n) is 7.10. The largest absolute Gasteiger partial charge is 0.480 e. The molecule has 7 nitrogen and oxygen atoms in total. The smallest absolute Gasteiger partial charge is 0.233 e.